The topological polar surface area (TPSA) is 6.48 Å². The second kappa shape index (κ2) is 6.46. The molecule has 0 N–H and O–H groups in total. The molecule has 2 nitrogen and oxygen atoms in total. The molecule has 3 rings (SSSR count). The van der Waals surface area contributed by atoms with Gasteiger partial charge in [0.2, 0.25) is 0 Å². The summed E-state index contributed by atoms with van der Waals surface area (Å²) < 4.78 is 0. The smallest absolute Gasteiger partial charge is 0.0409 e. The van der Waals surface area contributed by atoms with E-state index < -0.39 is 0 Å². The maximum atomic E-state index is 6.12. The molecule has 110 valence electrons. The second-order valence-electron chi connectivity index (χ2n) is 6.27. The molecule has 0 bridgehead atoms. The Hall–Kier alpha value is -0.570. The number of piperidine rings is 1. The van der Waals surface area contributed by atoms with Gasteiger partial charge >= 0.3 is 0 Å². The van der Waals surface area contributed by atoms with E-state index in [1.807, 2.05) is 6.07 Å². The summed E-state index contributed by atoms with van der Waals surface area (Å²) in [6.45, 7) is 7.16. The van der Waals surface area contributed by atoms with Gasteiger partial charge in [0.25, 0.3) is 0 Å². The molecule has 0 radical (unpaired) electrons. The van der Waals surface area contributed by atoms with Gasteiger partial charge in [-0.3, -0.25) is 9.80 Å². The van der Waals surface area contributed by atoms with Crippen LogP contribution in [0, 0.1) is 0 Å². The highest BCUT2D eigenvalue weighted by Crippen LogP contribution is 2.26. The Kier molecular flexibility index (Phi) is 4.65. The van der Waals surface area contributed by atoms with Crippen molar-refractivity contribution in [1.82, 2.24) is 9.80 Å². The molecule has 2 heterocycles. The van der Waals surface area contributed by atoms with Crippen molar-refractivity contribution in [3.8, 4) is 0 Å². The first-order valence-corrected chi connectivity index (χ1v) is 8.36. The second-order valence-corrected chi connectivity index (χ2v) is 6.70. The van der Waals surface area contributed by atoms with Crippen LogP contribution in [0.4, 0.5) is 0 Å². The molecule has 0 spiro atoms. The van der Waals surface area contributed by atoms with Gasteiger partial charge in [0.05, 0.1) is 0 Å². The van der Waals surface area contributed by atoms with Gasteiger partial charge in [0.15, 0.2) is 0 Å². The molecular formula is C17H25ClN2. The molecule has 0 saturated carbocycles. The number of hydrogen-bond acceptors (Lipinski definition) is 2. The number of piperazine rings is 1. The number of fused-ring (bicyclic) bond motifs is 1. The fourth-order valence-electron chi connectivity index (χ4n) is 3.76. The standard InChI is InChI=1S/C17H25ClN2/c1-2-16-12-19-9-4-3-8-17(19)13-20(16)11-14-6-5-7-15(18)10-14/h5-7,10,16-17H,2-4,8-9,11-13H2,1H3. The molecule has 2 atom stereocenters. The molecule has 20 heavy (non-hydrogen) atoms. The van der Waals surface area contributed by atoms with Gasteiger partial charge < -0.3 is 0 Å². The lowest BCUT2D eigenvalue weighted by atomic mass is 9.95. The van der Waals surface area contributed by atoms with Gasteiger partial charge in [-0.25, -0.2) is 0 Å². The number of rotatable bonds is 3. The summed E-state index contributed by atoms with van der Waals surface area (Å²) in [5, 5.41) is 0.854. The molecule has 2 aliphatic heterocycles. The van der Waals surface area contributed by atoms with Crippen molar-refractivity contribution in [2.75, 3.05) is 19.6 Å². The third kappa shape index (κ3) is 3.19. The van der Waals surface area contributed by atoms with Crippen LogP contribution in [-0.2, 0) is 6.54 Å². The Labute approximate surface area is 127 Å². The van der Waals surface area contributed by atoms with Crippen LogP contribution in [0.2, 0.25) is 5.02 Å². The fourth-order valence-corrected chi connectivity index (χ4v) is 3.98. The van der Waals surface area contributed by atoms with E-state index in [1.165, 1.54) is 50.9 Å². The van der Waals surface area contributed by atoms with Crippen LogP contribution in [0.15, 0.2) is 24.3 Å². The van der Waals surface area contributed by atoms with Gasteiger partial charge in [-0.05, 0) is 43.5 Å². The number of halogens is 1. The van der Waals surface area contributed by atoms with E-state index in [4.69, 9.17) is 11.6 Å². The molecule has 2 saturated heterocycles. The minimum atomic E-state index is 0.698. The molecular weight excluding hydrogens is 268 g/mol. The molecule has 1 aromatic carbocycles. The number of hydrogen-bond donors (Lipinski definition) is 0. The Bertz CT molecular complexity index is 448. The molecule has 0 aromatic heterocycles. The maximum absolute atomic E-state index is 6.12. The van der Waals surface area contributed by atoms with E-state index in [1.54, 1.807) is 0 Å². The fraction of sp³-hybridized carbons (Fsp3) is 0.647. The van der Waals surface area contributed by atoms with E-state index in [0.29, 0.717) is 6.04 Å². The lowest BCUT2D eigenvalue weighted by Gasteiger charge is -2.48. The Morgan fingerprint density at radius 3 is 2.95 bits per heavy atom. The number of nitrogens with zero attached hydrogens (tertiary/aromatic N) is 2. The normalized spacial score (nSPS) is 28.3. The highest BCUT2D eigenvalue weighted by Gasteiger charge is 2.33. The SMILES string of the molecule is CCC1CN2CCCCC2CN1Cc1cccc(Cl)c1. The van der Waals surface area contributed by atoms with Gasteiger partial charge in [0, 0.05) is 36.7 Å². The van der Waals surface area contributed by atoms with Crippen molar-refractivity contribution in [2.45, 2.75) is 51.2 Å². The first-order chi connectivity index (χ1) is 9.76. The lowest BCUT2D eigenvalue weighted by Crippen LogP contribution is -2.58. The predicted molar refractivity (Wildman–Crippen MR) is 85.2 cm³/mol. The first-order valence-electron chi connectivity index (χ1n) is 7.99. The summed E-state index contributed by atoms with van der Waals surface area (Å²) >= 11 is 6.12. The largest absolute Gasteiger partial charge is 0.298 e. The summed E-state index contributed by atoms with van der Waals surface area (Å²) in [6, 6.07) is 9.82. The van der Waals surface area contributed by atoms with Crippen LogP contribution in [-0.4, -0.2) is 41.5 Å². The van der Waals surface area contributed by atoms with E-state index in [-0.39, 0.29) is 0 Å². The van der Waals surface area contributed by atoms with Crippen molar-refractivity contribution >= 4 is 11.6 Å². The van der Waals surface area contributed by atoms with Crippen LogP contribution in [0.3, 0.4) is 0 Å². The van der Waals surface area contributed by atoms with E-state index in [2.05, 4.69) is 34.9 Å². The van der Waals surface area contributed by atoms with Gasteiger partial charge in [-0.15, -0.1) is 0 Å². The van der Waals surface area contributed by atoms with Gasteiger partial charge in [-0.2, -0.15) is 0 Å². The Morgan fingerprint density at radius 2 is 2.15 bits per heavy atom. The minimum Gasteiger partial charge on any atom is -0.298 e. The van der Waals surface area contributed by atoms with Crippen LogP contribution >= 0.6 is 11.6 Å². The Balaban J connectivity index is 1.70. The number of benzene rings is 1. The summed E-state index contributed by atoms with van der Waals surface area (Å²) in [7, 11) is 0. The third-order valence-corrected chi connectivity index (χ3v) is 5.14. The minimum absolute atomic E-state index is 0.698. The zero-order valence-electron chi connectivity index (χ0n) is 12.4. The van der Waals surface area contributed by atoms with Gasteiger partial charge in [0.1, 0.15) is 0 Å². The van der Waals surface area contributed by atoms with Crippen LogP contribution in [0.1, 0.15) is 38.2 Å². The average molecular weight is 293 g/mol. The maximum Gasteiger partial charge on any atom is 0.0409 e. The summed E-state index contributed by atoms with van der Waals surface area (Å²) in [6.07, 6.45) is 5.41. The average Bonchev–Trinajstić information content (AvgIpc) is 2.46. The van der Waals surface area contributed by atoms with Crippen molar-refractivity contribution in [3.05, 3.63) is 34.9 Å². The molecule has 1 aromatic rings. The van der Waals surface area contributed by atoms with Crippen molar-refractivity contribution < 1.29 is 0 Å². The molecule has 2 fully saturated rings. The van der Waals surface area contributed by atoms with Crippen LogP contribution in [0.25, 0.3) is 0 Å². The first kappa shape index (κ1) is 14.4. The van der Waals surface area contributed by atoms with E-state index >= 15 is 0 Å². The highest BCUT2D eigenvalue weighted by atomic mass is 35.5. The Morgan fingerprint density at radius 1 is 1.25 bits per heavy atom. The third-order valence-electron chi connectivity index (χ3n) is 4.90. The molecule has 0 aliphatic carbocycles. The summed E-state index contributed by atoms with van der Waals surface area (Å²) in [4.78, 5) is 5.41. The van der Waals surface area contributed by atoms with Gasteiger partial charge in [-0.1, -0.05) is 37.1 Å². The molecule has 2 aliphatic rings. The molecule has 0 amide bonds. The molecule has 3 heteroatoms. The van der Waals surface area contributed by atoms with E-state index in [9.17, 15) is 0 Å². The zero-order valence-corrected chi connectivity index (χ0v) is 13.1. The van der Waals surface area contributed by atoms with Crippen LogP contribution in [0.5, 0.6) is 0 Å². The summed E-state index contributed by atoms with van der Waals surface area (Å²) in [5.74, 6) is 0. The van der Waals surface area contributed by atoms with Crippen molar-refractivity contribution in [3.63, 3.8) is 0 Å². The van der Waals surface area contributed by atoms with Crippen LogP contribution < -0.4 is 0 Å². The van der Waals surface area contributed by atoms with Crippen molar-refractivity contribution in [2.24, 2.45) is 0 Å². The highest BCUT2D eigenvalue weighted by molar-refractivity contribution is 6.30. The van der Waals surface area contributed by atoms with E-state index in [0.717, 1.165) is 17.6 Å². The monoisotopic (exact) mass is 292 g/mol. The molecule has 2 unspecified atom stereocenters. The lowest BCUT2D eigenvalue weighted by molar-refractivity contribution is 0.00327. The quantitative estimate of drug-likeness (QED) is 0.836. The van der Waals surface area contributed by atoms with Crippen molar-refractivity contribution in [1.29, 1.82) is 0 Å². The summed E-state index contributed by atoms with van der Waals surface area (Å²) in [5.41, 5.74) is 1.35. The zero-order chi connectivity index (χ0) is 13.9. The predicted octanol–water partition coefficient (Wildman–Crippen LogP) is 3.79.